The standard InChI is InChI=1S/C13H20N4O2/c1-19-11-12(15-8-16-13(11)18)17-7-3-5-10(17)9-4-2-6-14-9/h8-10,14H,2-7H2,1H3,(H,15,16,18). The quantitative estimate of drug-likeness (QED) is 0.832. The van der Waals surface area contributed by atoms with Crippen LogP contribution in [0, 0.1) is 0 Å². The van der Waals surface area contributed by atoms with E-state index in [0.717, 1.165) is 25.9 Å². The molecule has 104 valence electrons. The number of ether oxygens (including phenoxy) is 1. The van der Waals surface area contributed by atoms with Crippen LogP contribution in [-0.4, -0.2) is 42.3 Å². The molecule has 2 N–H and O–H groups in total. The molecule has 0 saturated carbocycles. The van der Waals surface area contributed by atoms with Gasteiger partial charge >= 0.3 is 0 Å². The van der Waals surface area contributed by atoms with Gasteiger partial charge in [0.05, 0.1) is 13.4 Å². The maximum absolute atomic E-state index is 11.8. The van der Waals surface area contributed by atoms with Crippen molar-refractivity contribution in [2.45, 2.75) is 37.8 Å². The summed E-state index contributed by atoms with van der Waals surface area (Å²) < 4.78 is 5.23. The van der Waals surface area contributed by atoms with Gasteiger partial charge in [0.15, 0.2) is 5.82 Å². The van der Waals surface area contributed by atoms with E-state index in [-0.39, 0.29) is 5.56 Å². The van der Waals surface area contributed by atoms with E-state index in [1.807, 2.05) is 0 Å². The minimum atomic E-state index is -0.211. The van der Waals surface area contributed by atoms with E-state index in [1.54, 1.807) is 0 Å². The van der Waals surface area contributed by atoms with Gasteiger partial charge in [0.2, 0.25) is 5.75 Å². The number of methoxy groups -OCH3 is 1. The zero-order chi connectivity index (χ0) is 13.2. The third kappa shape index (κ3) is 2.20. The fourth-order valence-corrected chi connectivity index (χ4v) is 3.28. The molecule has 3 heterocycles. The van der Waals surface area contributed by atoms with Gasteiger partial charge in [-0.15, -0.1) is 0 Å². The third-order valence-electron chi connectivity index (χ3n) is 4.13. The molecule has 2 unspecified atom stereocenters. The molecule has 3 rings (SSSR count). The minimum absolute atomic E-state index is 0.211. The van der Waals surface area contributed by atoms with Crippen LogP contribution < -0.4 is 20.5 Å². The summed E-state index contributed by atoms with van der Waals surface area (Å²) in [6.45, 7) is 2.03. The first-order valence-electron chi connectivity index (χ1n) is 6.93. The number of hydrogen-bond acceptors (Lipinski definition) is 5. The number of rotatable bonds is 3. The van der Waals surface area contributed by atoms with Crippen molar-refractivity contribution in [1.29, 1.82) is 0 Å². The number of nitrogens with zero attached hydrogens (tertiary/aromatic N) is 2. The predicted octanol–water partition coefficient (Wildman–Crippen LogP) is 0.499. The number of anilines is 1. The molecule has 0 aromatic carbocycles. The zero-order valence-electron chi connectivity index (χ0n) is 11.2. The van der Waals surface area contributed by atoms with Crippen LogP contribution in [0.25, 0.3) is 0 Å². The highest BCUT2D eigenvalue weighted by Crippen LogP contribution is 2.32. The molecule has 1 aromatic rings. The van der Waals surface area contributed by atoms with Gasteiger partial charge in [-0.2, -0.15) is 0 Å². The second-order valence-corrected chi connectivity index (χ2v) is 5.19. The van der Waals surface area contributed by atoms with E-state index in [9.17, 15) is 4.79 Å². The van der Waals surface area contributed by atoms with Crippen LogP contribution in [0.3, 0.4) is 0 Å². The summed E-state index contributed by atoms with van der Waals surface area (Å²) in [6.07, 6.45) is 6.18. The maximum Gasteiger partial charge on any atom is 0.295 e. The molecule has 2 fully saturated rings. The fourth-order valence-electron chi connectivity index (χ4n) is 3.28. The highest BCUT2D eigenvalue weighted by molar-refractivity contribution is 5.52. The van der Waals surface area contributed by atoms with Gasteiger partial charge < -0.3 is 19.9 Å². The van der Waals surface area contributed by atoms with E-state index in [1.165, 1.54) is 26.3 Å². The second-order valence-electron chi connectivity index (χ2n) is 5.19. The number of hydrogen-bond donors (Lipinski definition) is 2. The topological polar surface area (TPSA) is 70.2 Å². The maximum atomic E-state index is 11.8. The van der Waals surface area contributed by atoms with E-state index < -0.39 is 0 Å². The van der Waals surface area contributed by atoms with Crippen molar-refractivity contribution < 1.29 is 4.74 Å². The summed E-state index contributed by atoms with van der Waals surface area (Å²) in [5, 5.41) is 3.55. The van der Waals surface area contributed by atoms with E-state index in [2.05, 4.69) is 20.2 Å². The Balaban J connectivity index is 1.92. The Kier molecular flexibility index (Phi) is 3.42. The highest BCUT2D eigenvalue weighted by Gasteiger charge is 2.35. The van der Waals surface area contributed by atoms with Crippen LogP contribution in [0.5, 0.6) is 5.75 Å². The summed E-state index contributed by atoms with van der Waals surface area (Å²) in [4.78, 5) is 20.9. The molecule has 2 atom stereocenters. The van der Waals surface area contributed by atoms with Crippen molar-refractivity contribution >= 4 is 5.82 Å². The lowest BCUT2D eigenvalue weighted by molar-refractivity contribution is 0.401. The summed E-state index contributed by atoms with van der Waals surface area (Å²) in [6, 6.07) is 0.930. The van der Waals surface area contributed by atoms with Gasteiger partial charge in [-0.05, 0) is 32.2 Å². The Morgan fingerprint density at radius 1 is 1.42 bits per heavy atom. The van der Waals surface area contributed by atoms with Gasteiger partial charge in [-0.1, -0.05) is 0 Å². The van der Waals surface area contributed by atoms with Gasteiger partial charge in [-0.3, -0.25) is 4.79 Å². The zero-order valence-corrected chi connectivity index (χ0v) is 11.2. The van der Waals surface area contributed by atoms with Crippen LogP contribution in [0.15, 0.2) is 11.1 Å². The highest BCUT2D eigenvalue weighted by atomic mass is 16.5. The molecule has 0 radical (unpaired) electrons. The van der Waals surface area contributed by atoms with Crippen LogP contribution in [0.1, 0.15) is 25.7 Å². The number of aromatic amines is 1. The SMILES string of the molecule is COc1c(N2CCCC2C2CCCN2)nc[nH]c1=O. The molecule has 2 aliphatic rings. The Hall–Kier alpha value is -1.56. The minimum Gasteiger partial charge on any atom is -0.489 e. The normalized spacial score (nSPS) is 26.9. The van der Waals surface area contributed by atoms with Crippen molar-refractivity contribution in [1.82, 2.24) is 15.3 Å². The molecular weight excluding hydrogens is 244 g/mol. The van der Waals surface area contributed by atoms with Gasteiger partial charge in [0.1, 0.15) is 0 Å². The molecular formula is C13H20N4O2. The number of aromatic nitrogens is 2. The first kappa shape index (κ1) is 12.5. The molecule has 1 aromatic heterocycles. The van der Waals surface area contributed by atoms with E-state index in [4.69, 9.17) is 4.74 Å². The van der Waals surface area contributed by atoms with E-state index in [0.29, 0.717) is 23.7 Å². The van der Waals surface area contributed by atoms with Gasteiger partial charge in [0.25, 0.3) is 5.56 Å². The molecule has 0 bridgehead atoms. The molecule has 6 nitrogen and oxygen atoms in total. The van der Waals surface area contributed by atoms with Gasteiger partial charge in [0, 0.05) is 18.6 Å². The van der Waals surface area contributed by atoms with Crippen molar-refractivity contribution in [3.05, 3.63) is 16.7 Å². The molecule has 0 amide bonds. The molecule has 0 aliphatic carbocycles. The van der Waals surface area contributed by atoms with Crippen LogP contribution in [0.4, 0.5) is 5.82 Å². The Labute approximate surface area is 112 Å². The summed E-state index contributed by atoms with van der Waals surface area (Å²) in [7, 11) is 1.52. The lowest BCUT2D eigenvalue weighted by atomic mass is 10.0. The van der Waals surface area contributed by atoms with Crippen LogP contribution >= 0.6 is 0 Å². The Morgan fingerprint density at radius 3 is 3.05 bits per heavy atom. The molecule has 2 aliphatic heterocycles. The average molecular weight is 264 g/mol. The first-order valence-corrected chi connectivity index (χ1v) is 6.93. The summed E-state index contributed by atoms with van der Waals surface area (Å²) in [5.74, 6) is 1.01. The summed E-state index contributed by atoms with van der Waals surface area (Å²) >= 11 is 0. The largest absolute Gasteiger partial charge is 0.489 e. The van der Waals surface area contributed by atoms with Crippen molar-refractivity contribution in [2.75, 3.05) is 25.1 Å². The van der Waals surface area contributed by atoms with Crippen LogP contribution in [0.2, 0.25) is 0 Å². The van der Waals surface area contributed by atoms with E-state index >= 15 is 0 Å². The predicted molar refractivity (Wildman–Crippen MR) is 72.8 cm³/mol. The molecule has 0 spiro atoms. The van der Waals surface area contributed by atoms with Crippen molar-refractivity contribution in [3.63, 3.8) is 0 Å². The smallest absolute Gasteiger partial charge is 0.295 e. The first-order chi connectivity index (χ1) is 9.31. The third-order valence-corrected chi connectivity index (χ3v) is 4.13. The molecule has 2 saturated heterocycles. The number of H-pyrrole nitrogens is 1. The van der Waals surface area contributed by atoms with Crippen molar-refractivity contribution in [3.8, 4) is 5.75 Å². The Morgan fingerprint density at radius 2 is 2.32 bits per heavy atom. The Bertz CT molecular complexity index is 496. The monoisotopic (exact) mass is 264 g/mol. The lowest BCUT2D eigenvalue weighted by Gasteiger charge is -2.30. The summed E-state index contributed by atoms with van der Waals surface area (Å²) in [5.41, 5.74) is -0.211. The lowest BCUT2D eigenvalue weighted by Crippen LogP contribution is -2.44. The molecule has 19 heavy (non-hydrogen) atoms. The average Bonchev–Trinajstić information content (AvgIpc) is 3.09. The number of nitrogens with one attached hydrogen (secondary N) is 2. The van der Waals surface area contributed by atoms with Crippen molar-refractivity contribution in [2.24, 2.45) is 0 Å². The van der Waals surface area contributed by atoms with Gasteiger partial charge in [-0.25, -0.2) is 4.98 Å². The fraction of sp³-hybridized carbons (Fsp3) is 0.692. The second kappa shape index (κ2) is 5.21. The van der Waals surface area contributed by atoms with Crippen LogP contribution in [-0.2, 0) is 0 Å². The molecule has 6 heteroatoms.